The molecule has 0 aliphatic rings. The van der Waals surface area contributed by atoms with Crippen molar-refractivity contribution in [1.29, 1.82) is 0 Å². The van der Waals surface area contributed by atoms with E-state index in [2.05, 4.69) is 10.3 Å². The van der Waals surface area contributed by atoms with E-state index < -0.39 is 23.6 Å². The van der Waals surface area contributed by atoms with E-state index in [-0.39, 0.29) is 12.1 Å². The van der Waals surface area contributed by atoms with Crippen molar-refractivity contribution in [2.75, 3.05) is 18.4 Å². The molecule has 1 aromatic heterocycles. The molecule has 1 aromatic carbocycles. The van der Waals surface area contributed by atoms with Gasteiger partial charge in [0.15, 0.2) is 5.13 Å². The molecule has 0 bridgehead atoms. The molecule has 1 N–H and O–H groups in total. The Morgan fingerprint density at radius 3 is 2.44 bits per heavy atom. The molecule has 0 fully saturated rings. The third kappa shape index (κ3) is 6.35. The molecule has 0 atom stereocenters. The topological polar surface area (TPSA) is 62.3 Å². The molecule has 2 amide bonds. The van der Waals surface area contributed by atoms with Crippen LogP contribution in [0.2, 0.25) is 0 Å². The number of hydrogen-bond donors (Lipinski definition) is 1. The molecule has 0 saturated heterocycles. The van der Waals surface area contributed by atoms with Gasteiger partial charge in [0.25, 0.3) is 5.91 Å². The van der Waals surface area contributed by atoms with Crippen molar-refractivity contribution in [3.63, 3.8) is 0 Å². The lowest BCUT2D eigenvalue weighted by Gasteiger charge is -2.22. The Bertz CT molecular complexity index is 746. The number of anilines is 1. The lowest BCUT2D eigenvalue weighted by molar-refractivity contribution is -0.137. The second-order valence-electron chi connectivity index (χ2n) is 5.89. The van der Waals surface area contributed by atoms with Crippen molar-refractivity contribution in [2.45, 2.75) is 32.4 Å². The van der Waals surface area contributed by atoms with E-state index >= 15 is 0 Å². The largest absolute Gasteiger partial charge is 0.416 e. The van der Waals surface area contributed by atoms with E-state index in [1.165, 1.54) is 16.2 Å². The zero-order chi connectivity index (χ0) is 19.9. The minimum absolute atomic E-state index is 0.113. The van der Waals surface area contributed by atoms with Gasteiger partial charge in [-0.25, -0.2) is 4.98 Å². The fourth-order valence-corrected chi connectivity index (χ4v) is 2.95. The Hall–Kier alpha value is -2.42. The molecule has 146 valence electrons. The first-order valence-corrected chi connectivity index (χ1v) is 9.35. The highest BCUT2D eigenvalue weighted by atomic mass is 32.1. The van der Waals surface area contributed by atoms with Gasteiger partial charge in [-0.2, -0.15) is 13.2 Å². The second-order valence-corrected chi connectivity index (χ2v) is 6.79. The van der Waals surface area contributed by atoms with Crippen molar-refractivity contribution in [1.82, 2.24) is 9.88 Å². The lowest BCUT2D eigenvalue weighted by Crippen LogP contribution is -2.38. The summed E-state index contributed by atoms with van der Waals surface area (Å²) in [6.07, 6.45) is -0.394. The van der Waals surface area contributed by atoms with Crippen LogP contribution in [-0.2, 0) is 11.0 Å². The number of carbonyl (C=O) groups excluding carboxylic acids is 2. The van der Waals surface area contributed by atoms with E-state index in [1.807, 2.05) is 6.92 Å². The number of benzene rings is 1. The standard InChI is InChI=1S/C18H20F3N3O2S/c1-2-3-4-10-24(12-15(25)23-17-22-9-11-27-17)16(26)13-5-7-14(8-6-13)18(19,20)21/h5-9,11H,2-4,10,12H2,1H3,(H,22,23,25). The highest BCUT2D eigenvalue weighted by molar-refractivity contribution is 7.13. The zero-order valence-corrected chi connectivity index (χ0v) is 15.6. The van der Waals surface area contributed by atoms with Gasteiger partial charge >= 0.3 is 6.18 Å². The van der Waals surface area contributed by atoms with Gasteiger partial charge in [-0.05, 0) is 30.7 Å². The Labute approximate surface area is 159 Å². The van der Waals surface area contributed by atoms with Crippen LogP contribution in [0.3, 0.4) is 0 Å². The number of halogens is 3. The maximum Gasteiger partial charge on any atom is 0.416 e. The van der Waals surface area contributed by atoms with E-state index in [0.29, 0.717) is 18.1 Å². The van der Waals surface area contributed by atoms with Crippen molar-refractivity contribution < 1.29 is 22.8 Å². The van der Waals surface area contributed by atoms with E-state index in [0.717, 1.165) is 37.1 Å². The van der Waals surface area contributed by atoms with Crippen LogP contribution in [0.1, 0.15) is 42.1 Å². The number of rotatable bonds is 8. The molecule has 1 heterocycles. The number of hydrogen-bond acceptors (Lipinski definition) is 4. The molecule has 5 nitrogen and oxygen atoms in total. The first kappa shape index (κ1) is 20.9. The van der Waals surface area contributed by atoms with Crippen LogP contribution < -0.4 is 5.32 Å². The number of thiazole rings is 1. The van der Waals surface area contributed by atoms with Crippen molar-refractivity contribution in [2.24, 2.45) is 0 Å². The van der Waals surface area contributed by atoms with Crippen LogP contribution in [0.4, 0.5) is 18.3 Å². The molecule has 0 unspecified atom stereocenters. The highest BCUT2D eigenvalue weighted by Gasteiger charge is 2.30. The number of nitrogens with one attached hydrogen (secondary N) is 1. The molecule has 0 aliphatic carbocycles. The number of alkyl halides is 3. The Kier molecular flexibility index (Phi) is 7.35. The molecular weight excluding hydrogens is 379 g/mol. The Balaban J connectivity index is 2.09. The van der Waals surface area contributed by atoms with Crippen LogP contribution in [0.15, 0.2) is 35.8 Å². The molecule has 2 aromatic rings. The van der Waals surface area contributed by atoms with Crippen molar-refractivity contribution in [3.8, 4) is 0 Å². The van der Waals surface area contributed by atoms with Crippen LogP contribution in [0.25, 0.3) is 0 Å². The van der Waals surface area contributed by atoms with E-state index in [9.17, 15) is 22.8 Å². The van der Waals surface area contributed by atoms with Gasteiger partial charge in [-0.1, -0.05) is 19.8 Å². The maximum absolute atomic E-state index is 12.7. The van der Waals surface area contributed by atoms with Gasteiger partial charge in [0.1, 0.15) is 6.54 Å². The normalized spacial score (nSPS) is 11.3. The summed E-state index contributed by atoms with van der Waals surface area (Å²) in [5.41, 5.74) is -0.709. The molecule has 0 spiro atoms. The summed E-state index contributed by atoms with van der Waals surface area (Å²) >= 11 is 1.26. The fourth-order valence-electron chi connectivity index (χ4n) is 2.41. The summed E-state index contributed by atoms with van der Waals surface area (Å²) in [7, 11) is 0. The van der Waals surface area contributed by atoms with Gasteiger partial charge in [0.05, 0.1) is 5.56 Å². The predicted octanol–water partition coefficient (Wildman–Crippen LogP) is 4.43. The van der Waals surface area contributed by atoms with Crippen molar-refractivity contribution >= 4 is 28.3 Å². The number of carbonyl (C=O) groups is 2. The smallest absolute Gasteiger partial charge is 0.329 e. The first-order chi connectivity index (χ1) is 12.8. The summed E-state index contributed by atoms with van der Waals surface area (Å²) in [6, 6.07) is 4.01. The lowest BCUT2D eigenvalue weighted by atomic mass is 10.1. The summed E-state index contributed by atoms with van der Waals surface area (Å²) in [4.78, 5) is 30.2. The summed E-state index contributed by atoms with van der Waals surface area (Å²) in [5, 5.41) is 4.74. The van der Waals surface area contributed by atoms with Gasteiger partial charge in [-0.15, -0.1) is 11.3 Å². The highest BCUT2D eigenvalue weighted by Crippen LogP contribution is 2.29. The third-order valence-electron chi connectivity index (χ3n) is 3.79. The Morgan fingerprint density at radius 2 is 1.89 bits per heavy atom. The minimum Gasteiger partial charge on any atom is -0.329 e. The van der Waals surface area contributed by atoms with Crippen LogP contribution in [0, 0.1) is 0 Å². The van der Waals surface area contributed by atoms with Gasteiger partial charge < -0.3 is 10.2 Å². The average Bonchev–Trinajstić information content (AvgIpc) is 3.12. The molecular formula is C18H20F3N3O2S. The minimum atomic E-state index is -4.46. The van der Waals surface area contributed by atoms with E-state index in [1.54, 1.807) is 11.6 Å². The fraction of sp³-hybridized carbons (Fsp3) is 0.389. The molecule has 0 saturated carbocycles. The van der Waals surface area contributed by atoms with Crippen LogP contribution in [0.5, 0.6) is 0 Å². The zero-order valence-electron chi connectivity index (χ0n) is 14.8. The number of aromatic nitrogens is 1. The van der Waals surface area contributed by atoms with Crippen LogP contribution in [-0.4, -0.2) is 34.8 Å². The SMILES string of the molecule is CCCCCN(CC(=O)Nc1nccs1)C(=O)c1ccc(C(F)(F)F)cc1. The van der Waals surface area contributed by atoms with E-state index in [4.69, 9.17) is 0 Å². The second kappa shape index (κ2) is 9.50. The molecule has 9 heteroatoms. The third-order valence-corrected chi connectivity index (χ3v) is 4.48. The van der Waals surface area contributed by atoms with Gasteiger partial charge in [-0.3, -0.25) is 9.59 Å². The Morgan fingerprint density at radius 1 is 1.19 bits per heavy atom. The number of amides is 2. The molecule has 0 aliphatic heterocycles. The predicted molar refractivity (Wildman–Crippen MR) is 97.6 cm³/mol. The number of nitrogens with zero attached hydrogens (tertiary/aromatic N) is 2. The summed E-state index contributed by atoms with van der Waals surface area (Å²) in [6.45, 7) is 2.17. The average molecular weight is 399 g/mol. The molecule has 27 heavy (non-hydrogen) atoms. The van der Waals surface area contributed by atoms with Crippen molar-refractivity contribution in [3.05, 3.63) is 47.0 Å². The maximum atomic E-state index is 12.7. The molecule has 0 radical (unpaired) electrons. The van der Waals surface area contributed by atoms with Crippen LogP contribution >= 0.6 is 11.3 Å². The van der Waals surface area contributed by atoms with Gasteiger partial charge in [0, 0.05) is 23.7 Å². The summed E-state index contributed by atoms with van der Waals surface area (Å²) in [5.74, 6) is -0.879. The monoisotopic (exact) mass is 399 g/mol. The van der Waals surface area contributed by atoms with Gasteiger partial charge in [0.2, 0.25) is 5.91 Å². The summed E-state index contributed by atoms with van der Waals surface area (Å²) < 4.78 is 38.1. The molecule has 2 rings (SSSR count). The quantitative estimate of drug-likeness (QED) is 0.668. The number of unbranched alkanes of at least 4 members (excludes halogenated alkanes) is 2. The first-order valence-electron chi connectivity index (χ1n) is 8.47.